The first-order chi connectivity index (χ1) is 7.99. The van der Waals surface area contributed by atoms with Crippen LogP contribution < -0.4 is 5.73 Å². The van der Waals surface area contributed by atoms with E-state index in [-0.39, 0.29) is 18.2 Å². The first kappa shape index (κ1) is 13.6. The summed E-state index contributed by atoms with van der Waals surface area (Å²) >= 11 is 0. The highest BCUT2D eigenvalue weighted by Crippen LogP contribution is 2.07. The van der Waals surface area contributed by atoms with Crippen molar-refractivity contribution < 1.29 is 13.9 Å². The molecule has 0 aromatic heterocycles. The van der Waals surface area contributed by atoms with Gasteiger partial charge in [-0.3, -0.25) is 4.79 Å². The predicted octanol–water partition coefficient (Wildman–Crippen LogP) is 1.89. The molecule has 1 rings (SSSR count). The van der Waals surface area contributed by atoms with Crippen molar-refractivity contribution in [2.75, 3.05) is 6.61 Å². The highest BCUT2D eigenvalue weighted by Gasteiger charge is 2.16. The number of carbonyl (C=O) groups is 1. The Labute approximate surface area is 101 Å². The van der Waals surface area contributed by atoms with Crippen molar-refractivity contribution in [3.63, 3.8) is 0 Å². The number of hydrogen-bond acceptors (Lipinski definition) is 3. The molecule has 0 bridgehead atoms. The fourth-order valence-electron chi connectivity index (χ4n) is 1.36. The zero-order valence-electron chi connectivity index (χ0n) is 10.2. The Bertz CT molecular complexity index is 379. The molecule has 0 heterocycles. The number of benzene rings is 1. The van der Waals surface area contributed by atoms with Crippen LogP contribution in [-0.4, -0.2) is 18.6 Å². The highest BCUT2D eigenvalue weighted by atomic mass is 19.1. The Kier molecular flexibility index (Phi) is 5.10. The third-order valence-electron chi connectivity index (χ3n) is 2.21. The Morgan fingerprint density at radius 2 is 2.18 bits per heavy atom. The van der Waals surface area contributed by atoms with Crippen LogP contribution in [0.5, 0.6) is 0 Å². The molecular formula is C13H18FNO2. The molecule has 17 heavy (non-hydrogen) atoms. The van der Waals surface area contributed by atoms with E-state index in [1.54, 1.807) is 12.1 Å². The predicted molar refractivity (Wildman–Crippen MR) is 63.9 cm³/mol. The maximum absolute atomic E-state index is 12.9. The molecule has 3 nitrogen and oxygen atoms in total. The normalized spacial score (nSPS) is 12.5. The van der Waals surface area contributed by atoms with Crippen molar-refractivity contribution in [3.05, 3.63) is 35.6 Å². The quantitative estimate of drug-likeness (QED) is 0.798. The van der Waals surface area contributed by atoms with Gasteiger partial charge in [-0.25, -0.2) is 4.39 Å². The minimum Gasteiger partial charge on any atom is -0.464 e. The van der Waals surface area contributed by atoms with Crippen LogP contribution in [0.4, 0.5) is 4.39 Å². The van der Waals surface area contributed by atoms with Gasteiger partial charge in [0.2, 0.25) is 0 Å². The SMILES string of the molecule is CC(C)COC(=O)C(N)Cc1cccc(F)c1. The Hall–Kier alpha value is -1.42. The fraction of sp³-hybridized carbons (Fsp3) is 0.462. The van der Waals surface area contributed by atoms with Crippen LogP contribution in [0.15, 0.2) is 24.3 Å². The van der Waals surface area contributed by atoms with Gasteiger partial charge < -0.3 is 10.5 Å². The third kappa shape index (κ3) is 4.95. The van der Waals surface area contributed by atoms with Crippen LogP contribution in [-0.2, 0) is 16.0 Å². The molecule has 0 saturated heterocycles. The standard InChI is InChI=1S/C13H18FNO2/c1-9(2)8-17-13(16)12(15)7-10-4-3-5-11(14)6-10/h3-6,9,12H,7-8,15H2,1-2H3. The zero-order valence-corrected chi connectivity index (χ0v) is 10.2. The van der Waals surface area contributed by atoms with Crippen molar-refractivity contribution in [1.29, 1.82) is 0 Å². The smallest absolute Gasteiger partial charge is 0.323 e. The lowest BCUT2D eigenvalue weighted by Gasteiger charge is -2.12. The van der Waals surface area contributed by atoms with Crippen LogP contribution >= 0.6 is 0 Å². The summed E-state index contributed by atoms with van der Waals surface area (Å²) in [6.45, 7) is 4.26. The summed E-state index contributed by atoms with van der Waals surface area (Å²) in [4.78, 5) is 11.5. The number of rotatable bonds is 5. The maximum Gasteiger partial charge on any atom is 0.323 e. The van der Waals surface area contributed by atoms with Crippen molar-refractivity contribution in [2.24, 2.45) is 11.7 Å². The highest BCUT2D eigenvalue weighted by molar-refractivity contribution is 5.75. The third-order valence-corrected chi connectivity index (χ3v) is 2.21. The minimum atomic E-state index is -0.740. The Morgan fingerprint density at radius 1 is 1.47 bits per heavy atom. The lowest BCUT2D eigenvalue weighted by atomic mass is 10.1. The molecule has 0 aliphatic carbocycles. The topological polar surface area (TPSA) is 52.3 Å². The molecule has 1 atom stereocenters. The Balaban J connectivity index is 2.48. The average molecular weight is 239 g/mol. The van der Waals surface area contributed by atoms with Gasteiger partial charge in [0.15, 0.2) is 0 Å². The van der Waals surface area contributed by atoms with Gasteiger partial charge in [-0.1, -0.05) is 26.0 Å². The van der Waals surface area contributed by atoms with Crippen LogP contribution in [0, 0.1) is 11.7 Å². The number of ether oxygens (including phenoxy) is 1. The van der Waals surface area contributed by atoms with E-state index in [2.05, 4.69) is 0 Å². The first-order valence-corrected chi connectivity index (χ1v) is 5.65. The largest absolute Gasteiger partial charge is 0.464 e. The summed E-state index contributed by atoms with van der Waals surface area (Å²) < 4.78 is 17.9. The molecule has 4 heteroatoms. The summed E-state index contributed by atoms with van der Waals surface area (Å²) in [6.07, 6.45) is 0.286. The lowest BCUT2D eigenvalue weighted by molar-refractivity contribution is -0.146. The van der Waals surface area contributed by atoms with E-state index >= 15 is 0 Å². The fourth-order valence-corrected chi connectivity index (χ4v) is 1.36. The van der Waals surface area contributed by atoms with Crippen molar-refractivity contribution in [3.8, 4) is 0 Å². The van der Waals surface area contributed by atoms with Gasteiger partial charge in [-0.05, 0) is 30.0 Å². The molecule has 0 saturated carbocycles. The van der Waals surface area contributed by atoms with Crippen LogP contribution in [0.1, 0.15) is 19.4 Å². The molecule has 0 amide bonds. The molecule has 1 unspecified atom stereocenters. The molecule has 0 fully saturated rings. The van der Waals surface area contributed by atoms with Gasteiger partial charge >= 0.3 is 5.97 Å². The van der Waals surface area contributed by atoms with Gasteiger partial charge in [-0.15, -0.1) is 0 Å². The summed E-state index contributed by atoms with van der Waals surface area (Å²) in [5.41, 5.74) is 6.38. The number of nitrogens with two attached hydrogens (primary N) is 1. The van der Waals surface area contributed by atoms with Gasteiger partial charge in [0, 0.05) is 0 Å². The van der Waals surface area contributed by atoms with E-state index in [0.29, 0.717) is 12.2 Å². The summed E-state index contributed by atoms with van der Waals surface area (Å²) in [5.74, 6) is -0.492. The number of hydrogen-bond donors (Lipinski definition) is 1. The van der Waals surface area contributed by atoms with Crippen LogP contribution in [0.25, 0.3) is 0 Å². The molecule has 0 aliphatic rings. The summed E-state index contributed by atoms with van der Waals surface area (Å²) in [5, 5.41) is 0. The van der Waals surface area contributed by atoms with Crippen LogP contribution in [0.3, 0.4) is 0 Å². The van der Waals surface area contributed by atoms with E-state index in [1.165, 1.54) is 12.1 Å². The number of halogens is 1. The molecule has 0 aliphatic heterocycles. The van der Waals surface area contributed by atoms with Gasteiger partial charge in [-0.2, -0.15) is 0 Å². The molecule has 1 aromatic rings. The van der Waals surface area contributed by atoms with E-state index < -0.39 is 12.0 Å². The number of esters is 1. The second kappa shape index (κ2) is 6.35. The van der Waals surface area contributed by atoms with E-state index in [9.17, 15) is 9.18 Å². The molecule has 94 valence electrons. The van der Waals surface area contributed by atoms with Crippen LogP contribution in [0.2, 0.25) is 0 Å². The average Bonchev–Trinajstić information content (AvgIpc) is 2.25. The van der Waals surface area contributed by atoms with Gasteiger partial charge in [0.25, 0.3) is 0 Å². The second-order valence-corrected chi connectivity index (χ2v) is 4.46. The zero-order chi connectivity index (χ0) is 12.8. The summed E-state index contributed by atoms with van der Waals surface area (Å²) in [6, 6.07) is 5.31. The molecule has 2 N–H and O–H groups in total. The number of carbonyl (C=O) groups excluding carboxylic acids is 1. The van der Waals surface area contributed by atoms with Crippen molar-refractivity contribution in [2.45, 2.75) is 26.3 Å². The molecular weight excluding hydrogens is 221 g/mol. The summed E-state index contributed by atoms with van der Waals surface area (Å²) in [7, 11) is 0. The molecule has 0 radical (unpaired) electrons. The van der Waals surface area contributed by atoms with Crippen molar-refractivity contribution in [1.82, 2.24) is 0 Å². The van der Waals surface area contributed by atoms with Gasteiger partial charge in [0.05, 0.1) is 6.61 Å². The van der Waals surface area contributed by atoms with E-state index in [1.807, 2.05) is 13.8 Å². The first-order valence-electron chi connectivity index (χ1n) is 5.65. The lowest BCUT2D eigenvalue weighted by Crippen LogP contribution is -2.35. The van der Waals surface area contributed by atoms with E-state index in [0.717, 1.165) is 0 Å². The molecule has 1 aromatic carbocycles. The second-order valence-electron chi connectivity index (χ2n) is 4.46. The maximum atomic E-state index is 12.9. The van der Waals surface area contributed by atoms with E-state index in [4.69, 9.17) is 10.5 Å². The monoisotopic (exact) mass is 239 g/mol. The minimum absolute atomic E-state index is 0.278. The van der Waals surface area contributed by atoms with Crippen molar-refractivity contribution >= 4 is 5.97 Å². The molecule has 0 spiro atoms. The van der Waals surface area contributed by atoms with Gasteiger partial charge in [0.1, 0.15) is 11.9 Å². The Morgan fingerprint density at radius 3 is 2.76 bits per heavy atom.